The quantitative estimate of drug-likeness (QED) is 0.122. The highest BCUT2D eigenvalue weighted by molar-refractivity contribution is 7.80. The average molecular weight is 905 g/mol. The Morgan fingerprint density at radius 3 is 1.97 bits per heavy atom. The highest BCUT2D eigenvalue weighted by atomic mass is 32.1. The molecule has 0 amide bonds. The fourth-order valence-electron chi connectivity index (χ4n) is 8.92. The van der Waals surface area contributed by atoms with Crippen molar-refractivity contribution >= 4 is 46.8 Å². The van der Waals surface area contributed by atoms with Gasteiger partial charge in [0, 0.05) is 83.8 Å². The van der Waals surface area contributed by atoms with E-state index >= 15 is 0 Å². The van der Waals surface area contributed by atoms with Crippen LogP contribution in [0.1, 0.15) is 87.5 Å². The molecule has 9 atom stereocenters. The van der Waals surface area contributed by atoms with Gasteiger partial charge in [0.25, 0.3) is 0 Å². The first-order valence-corrected chi connectivity index (χ1v) is 22.0. The summed E-state index contributed by atoms with van der Waals surface area (Å²) < 4.78 is 54.3. The van der Waals surface area contributed by atoms with Gasteiger partial charge in [-0.15, -0.1) is 0 Å². The molecule has 4 fully saturated rings. The van der Waals surface area contributed by atoms with Crippen LogP contribution in [0.3, 0.4) is 0 Å². The number of likely N-dealkylation sites (tertiary alicyclic amines) is 1. The largest absolute Gasteiger partial charge is 0.463 e. The van der Waals surface area contributed by atoms with Crippen LogP contribution < -0.4 is 5.32 Å². The maximum atomic E-state index is 12.4. The van der Waals surface area contributed by atoms with Gasteiger partial charge in [0.2, 0.25) is 0 Å². The summed E-state index contributed by atoms with van der Waals surface area (Å²) in [6.45, 7) is 7.69. The first-order valence-electron chi connectivity index (χ1n) is 21.6. The van der Waals surface area contributed by atoms with E-state index in [1.807, 2.05) is 66.7 Å². The molecule has 1 spiro atoms. The summed E-state index contributed by atoms with van der Waals surface area (Å²) >= 11 is 5.86. The second-order valence-corrected chi connectivity index (χ2v) is 16.9. The molecule has 4 aliphatic rings. The molecule has 2 N–H and O–H groups in total. The number of rotatable bonds is 14. The van der Waals surface area contributed by atoms with Crippen molar-refractivity contribution in [2.45, 2.75) is 114 Å². The Morgan fingerprint density at radius 2 is 1.34 bits per heavy atom. The minimum Gasteiger partial charge on any atom is -0.463 e. The number of hydrogen-bond acceptors (Lipinski definition) is 16. The lowest BCUT2D eigenvalue weighted by Crippen LogP contribution is -2.62. The van der Waals surface area contributed by atoms with Crippen molar-refractivity contribution in [1.29, 1.82) is 0 Å². The van der Waals surface area contributed by atoms with Crippen LogP contribution in [-0.2, 0) is 68.4 Å². The molecule has 0 radical (unpaired) electrons. The lowest BCUT2D eigenvalue weighted by Gasteiger charge is -2.46. The molecule has 17 heteroatoms. The van der Waals surface area contributed by atoms with Gasteiger partial charge in [0.1, 0.15) is 18.8 Å². The standard InChI is InChI=1S/C47H56N2O14S/c1-28(51)55-27-39-44(59-30(3)53)45(60-31(4)54)43(58-29(2)52)37(61-39)24-40(64)48-36-12-8-11-35(23-36)46-62-38(25-49-19-17-47(18-20-49)56-21-22-57-47)41(33-9-6-5-7-10-33)42(63-46)34-15-13-32(26-50)14-16-34/h5-16,23,37-39,41-46,50H,17-22,24-27H2,1-4H3,(H,48,64). The molecule has 4 saturated heterocycles. The number of benzene rings is 3. The number of carbonyl (C=O) groups excluding carboxylic acids is 4. The number of ether oxygens (including phenoxy) is 9. The van der Waals surface area contributed by atoms with E-state index in [1.165, 1.54) is 27.7 Å². The van der Waals surface area contributed by atoms with E-state index in [9.17, 15) is 24.3 Å². The smallest absolute Gasteiger partial charge is 0.303 e. The highest BCUT2D eigenvalue weighted by Crippen LogP contribution is 2.48. The second kappa shape index (κ2) is 21.4. The fraction of sp³-hybridized carbons (Fsp3) is 0.511. The maximum absolute atomic E-state index is 12.4. The SMILES string of the molecule is CC(=O)OCC1OC(CC(=S)Nc2cccc(C3OC(CN4CCC5(CC4)OCCO5)C(c4ccccc4)C(c4ccc(CO)cc4)O3)c2)C(OC(C)=O)C(OC(C)=O)C1OC(C)=O. The lowest BCUT2D eigenvalue weighted by molar-refractivity contribution is -0.265. The fourth-order valence-corrected chi connectivity index (χ4v) is 9.20. The van der Waals surface area contributed by atoms with Crippen LogP contribution in [0.2, 0.25) is 0 Å². The van der Waals surface area contributed by atoms with Crippen molar-refractivity contribution < 1.29 is 66.9 Å². The zero-order valence-corrected chi connectivity index (χ0v) is 37.2. The molecule has 16 nitrogen and oxygen atoms in total. The molecule has 4 heterocycles. The average Bonchev–Trinajstić information content (AvgIpc) is 3.73. The summed E-state index contributed by atoms with van der Waals surface area (Å²) in [5, 5.41) is 13.1. The minimum absolute atomic E-state index is 0.0466. The van der Waals surface area contributed by atoms with Gasteiger partial charge in [0.15, 0.2) is 30.4 Å². The van der Waals surface area contributed by atoms with Gasteiger partial charge in [-0.1, -0.05) is 78.9 Å². The summed E-state index contributed by atoms with van der Waals surface area (Å²) in [7, 11) is 0. The summed E-state index contributed by atoms with van der Waals surface area (Å²) in [6.07, 6.45) is -6.06. The van der Waals surface area contributed by atoms with Crippen LogP contribution in [0, 0.1) is 0 Å². The minimum atomic E-state index is -1.31. The Balaban J connectivity index is 1.14. The van der Waals surface area contributed by atoms with Crippen LogP contribution >= 0.6 is 12.2 Å². The molecule has 0 aliphatic carbocycles. The van der Waals surface area contributed by atoms with Crippen molar-refractivity contribution in [3.8, 4) is 0 Å². The number of piperidine rings is 1. The molecule has 64 heavy (non-hydrogen) atoms. The van der Waals surface area contributed by atoms with Gasteiger partial charge >= 0.3 is 23.9 Å². The van der Waals surface area contributed by atoms with Gasteiger partial charge in [-0.2, -0.15) is 0 Å². The van der Waals surface area contributed by atoms with Crippen molar-refractivity contribution in [3.63, 3.8) is 0 Å². The Bertz CT molecular complexity index is 2090. The van der Waals surface area contributed by atoms with Crippen molar-refractivity contribution in [2.75, 3.05) is 44.8 Å². The van der Waals surface area contributed by atoms with Gasteiger partial charge < -0.3 is 58.0 Å². The summed E-state index contributed by atoms with van der Waals surface area (Å²) in [5.74, 6) is -3.48. The van der Waals surface area contributed by atoms with Crippen LogP contribution in [0.15, 0.2) is 78.9 Å². The number of nitrogens with one attached hydrogen (secondary N) is 1. The molecular weight excluding hydrogens is 849 g/mol. The number of hydrogen-bond donors (Lipinski definition) is 2. The van der Waals surface area contributed by atoms with Crippen molar-refractivity contribution in [1.82, 2.24) is 4.90 Å². The number of aliphatic hydroxyl groups is 1. The van der Waals surface area contributed by atoms with Gasteiger partial charge in [-0.05, 0) is 28.8 Å². The Labute approximate surface area is 377 Å². The van der Waals surface area contributed by atoms with E-state index < -0.39 is 72.6 Å². The van der Waals surface area contributed by atoms with Crippen molar-refractivity contribution in [2.24, 2.45) is 0 Å². The predicted octanol–water partition coefficient (Wildman–Crippen LogP) is 5.21. The number of carbonyl (C=O) groups is 4. The molecule has 7 rings (SSSR count). The number of nitrogens with zero attached hydrogens (tertiary/aromatic N) is 1. The molecule has 0 saturated carbocycles. The lowest BCUT2D eigenvalue weighted by atomic mass is 9.83. The summed E-state index contributed by atoms with van der Waals surface area (Å²) in [5.41, 5.74) is 4.12. The molecule has 4 aliphatic heterocycles. The molecule has 0 aromatic heterocycles. The summed E-state index contributed by atoms with van der Waals surface area (Å²) in [4.78, 5) is 51.5. The van der Waals surface area contributed by atoms with Crippen LogP contribution in [-0.4, -0.2) is 121 Å². The molecule has 3 aromatic carbocycles. The first-order chi connectivity index (χ1) is 30.8. The van der Waals surface area contributed by atoms with Gasteiger partial charge in [-0.3, -0.25) is 19.2 Å². The van der Waals surface area contributed by atoms with E-state index in [2.05, 4.69) is 22.3 Å². The third-order valence-corrected chi connectivity index (χ3v) is 12.0. The van der Waals surface area contributed by atoms with E-state index in [1.54, 1.807) is 0 Å². The normalized spacial score (nSPS) is 27.9. The van der Waals surface area contributed by atoms with E-state index in [0.717, 1.165) is 48.2 Å². The van der Waals surface area contributed by atoms with Crippen LogP contribution in [0.25, 0.3) is 0 Å². The first kappa shape index (κ1) is 47.1. The predicted molar refractivity (Wildman–Crippen MR) is 233 cm³/mol. The van der Waals surface area contributed by atoms with E-state index in [4.69, 9.17) is 54.8 Å². The van der Waals surface area contributed by atoms with Crippen LogP contribution in [0.5, 0.6) is 0 Å². The second-order valence-electron chi connectivity index (χ2n) is 16.4. The zero-order chi connectivity index (χ0) is 45.4. The van der Waals surface area contributed by atoms with E-state index in [-0.39, 0.29) is 36.6 Å². The molecule has 0 bridgehead atoms. The molecule has 9 unspecified atom stereocenters. The number of anilines is 1. The zero-order valence-electron chi connectivity index (χ0n) is 36.4. The van der Waals surface area contributed by atoms with Gasteiger partial charge in [-0.25, -0.2) is 0 Å². The molecule has 3 aromatic rings. The molecular formula is C47H56N2O14S. The van der Waals surface area contributed by atoms with Crippen molar-refractivity contribution in [3.05, 3.63) is 101 Å². The third-order valence-electron chi connectivity index (χ3n) is 11.8. The number of aliphatic hydroxyl groups excluding tert-OH is 1. The van der Waals surface area contributed by atoms with E-state index in [0.29, 0.717) is 25.4 Å². The Morgan fingerprint density at radius 1 is 0.719 bits per heavy atom. The highest BCUT2D eigenvalue weighted by Gasteiger charge is 2.52. The number of esters is 4. The topological polar surface area (TPSA) is 187 Å². The van der Waals surface area contributed by atoms with Crippen LogP contribution in [0.4, 0.5) is 5.69 Å². The summed E-state index contributed by atoms with van der Waals surface area (Å²) in [6, 6.07) is 25.5. The third kappa shape index (κ3) is 11.9. The monoisotopic (exact) mass is 904 g/mol. The van der Waals surface area contributed by atoms with Gasteiger partial charge in [0.05, 0.1) is 37.0 Å². The Hall–Kier alpha value is -4.85. The Kier molecular flexibility index (Phi) is 15.8. The maximum Gasteiger partial charge on any atom is 0.303 e. The molecule has 344 valence electrons. The number of thiocarbonyl (C=S) groups is 1.